The highest BCUT2D eigenvalue weighted by Crippen LogP contribution is 2.37. The third kappa shape index (κ3) is 4.43. The molecule has 29 heavy (non-hydrogen) atoms. The zero-order valence-corrected chi connectivity index (χ0v) is 17.1. The molecule has 1 aliphatic heterocycles. The van der Waals surface area contributed by atoms with Crippen LogP contribution in [-0.4, -0.2) is 38.8 Å². The first-order chi connectivity index (χ1) is 14.0. The molecule has 0 bridgehead atoms. The first-order valence-electron chi connectivity index (χ1n) is 9.81. The number of aryl methyl sites for hydroxylation is 1. The Hall–Kier alpha value is -2.86. The minimum atomic E-state index is -0.672. The molecule has 0 aliphatic carbocycles. The van der Waals surface area contributed by atoms with Gasteiger partial charge >= 0.3 is 5.97 Å². The topological polar surface area (TPSA) is 73.9 Å². The third-order valence-corrected chi connectivity index (χ3v) is 5.30. The zero-order valence-electron chi connectivity index (χ0n) is 17.1. The van der Waals surface area contributed by atoms with Crippen LogP contribution in [0.25, 0.3) is 0 Å². The molecule has 0 radical (unpaired) electrons. The molecule has 2 aromatic rings. The Morgan fingerprint density at radius 3 is 2.55 bits per heavy atom. The maximum absolute atomic E-state index is 13.4. The van der Waals surface area contributed by atoms with Crippen molar-refractivity contribution in [3.05, 3.63) is 59.2 Å². The van der Waals surface area contributed by atoms with Gasteiger partial charge in [0.1, 0.15) is 11.3 Å². The van der Waals surface area contributed by atoms with Crippen LogP contribution < -0.4 is 10.1 Å². The maximum Gasteiger partial charge on any atom is 0.341 e. The van der Waals surface area contributed by atoms with Crippen molar-refractivity contribution in [2.75, 3.05) is 32.2 Å². The van der Waals surface area contributed by atoms with Crippen LogP contribution in [0.15, 0.2) is 42.5 Å². The molecular weight excluding hydrogens is 370 g/mol. The van der Waals surface area contributed by atoms with E-state index in [1.165, 1.54) is 7.11 Å². The molecule has 1 saturated heterocycles. The second-order valence-electron chi connectivity index (χ2n) is 7.15. The van der Waals surface area contributed by atoms with E-state index in [4.69, 9.17) is 14.2 Å². The van der Waals surface area contributed by atoms with Crippen molar-refractivity contribution < 1.29 is 23.8 Å². The quantitative estimate of drug-likeness (QED) is 0.749. The summed E-state index contributed by atoms with van der Waals surface area (Å²) in [5.74, 6) is -0.188. The van der Waals surface area contributed by atoms with Crippen molar-refractivity contribution >= 4 is 17.6 Å². The van der Waals surface area contributed by atoms with Gasteiger partial charge in [0.15, 0.2) is 0 Å². The Morgan fingerprint density at radius 2 is 1.90 bits per heavy atom. The zero-order chi connectivity index (χ0) is 20.9. The number of carbonyl (C=O) groups excluding carboxylic acids is 2. The van der Waals surface area contributed by atoms with Gasteiger partial charge in [0, 0.05) is 18.9 Å². The number of ether oxygens (including phenoxy) is 3. The second kappa shape index (κ2) is 9.09. The predicted molar refractivity (Wildman–Crippen MR) is 110 cm³/mol. The lowest BCUT2D eigenvalue weighted by Crippen LogP contribution is -2.44. The van der Waals surface area contributed by atoms with Gasteiger partial charge in [-0.2, -0.15) is 0 Å². The fourth-order valence-corrected chi connectivity index (χ4v) is 3.71. The van der Waals surface area contributed by atoms with Crippen LogP contribution in [0.3, 0.4) is 0 Å². The standard InChI is InChI=1S/C23H27NO5/c1-4-29-21(25)19-15-18(8-9-20(19)27-3)24-22(26)23(10-12-28-13-11-23)17-7-5-6-16(2)14-17/h5-9,14-15H,4,10-13H2,1-3H3,(H,24,26). The van der Waals surface area contributed by atoms with Gasteiger partial charge in [0.2, 0.25) is 5.91 Å². The molecule has 0 spiro atoms. The molecule has 1 aliphatic rings. The number of benzene rings is 2. The van der Waals surface area contributed by atoms with E-state index in [9.17, 15) is 9.59 Å². The van der Waals surface area contributed by atoms with E-state index in [0.717, 1.165) is 11.1 Å². The van der Waals surface area contributed by atoms with Gasteiger partial charge in [0.25, 0.3) is 0 Å². The number of esters is 1. The van der Waals surface area contributed by atoms with Crippen molar-refractivity contribution in [2.24, 2.45) is 0 Å². The highest BCUT2D eigenvalue weighted by molar-refractivity contribution is 6.01. The number of nitrogens with one attached hydrogen (secondary N) is 1. The second-order valence-corrected chi connectivity index (χ2v) is 7.15. The van der Waals surface area contributed by atoms with Crippen molar-refractivity contribution in [1.82, 2.24) is 0 Å². The number of anilines is 1. The molecule has 6 nitrogen and oxygen atoms in total. The van der Waals surface area contributed by atoms with Gasteiger partial charge < -0.3 is 19.5 Å². The monoisotopic (exact) mass is 397 g/mol. The molecule has 0 atom stereocenters. The molecule has 154 valence electrons. The summed E-state index contributed by atoms with van der Waals surface area (Å²) < 4.78 is 15.9. The van der Waals surface area contributed by atoms with Crippen molar-refractivity contribution in [2.45, 2.75) is 32.1 Å². The first kappa shape index (κ1) is 20.9. The number of hydrogen-bond donors (Lipinski definition) is 1. The first-order valence-corrected chi connectivity index (χ1v) is 9.81. The van der Waals surface area contributed by atoms with Crippen molar-refractivity contribution in [3.63, 3.8) is 0 Å². The van der Waals surface area contributed by atoms with E-state index in [1.54, 1.807) is 25.1 Å². The Morgan fingerprint density at radius 1 is 1.14 bits per heavy atom. The largest absolute Gasteiger partial charge is 0.496 e. The van der Waals surface area contributed by atoms with Crippen LogP contribution in [0.2, 0.25) is 0 Å². The smallest absolute Gasteiger partial charge is 0.341 e. The summed E-state index contributed by atoms with van der Waals surface area (Å²) in [4.78, 5) is 25.7. The van der Waals surface area contributed by atoms with E-state index >= 15 is 0 Å². The molecule has 2 aromatic carbocycles. The molecule has 0 aromatic heterocycles. The van der Waals surface area contributed by atoms with Gasteiger partial charge in [-0.25, -0.2) is 4.79 Å². The summed E-state index contributed by atoms with van der Waals surface area (Å²) in [5, 5.41) is 3.00. The molecule has 1 amide bonds. The molecule has 1 fully saturated rings. The van der Waals surface area contributed by atoms with Gasteiger partial charge in [-0.3, -0.25) is 4.79 Å². The van der Waals surface area contributed by atoms with E-state index < -0.39 is 11.4 Å². The molecule has 0 saturated carbocycles. The Balaban J connectivity index is 1.92. The molecule has 3 rings (SSSR count). The Kier molecular flexibility index (Phi) is 6.54. The third-order valence-electron chi connectivity index (χ3n) is 5.30. The molecule has 1 N–H and O–H groups in total. The number of hydrogen-bond acceptors (Lipinski definition) is 5. The average Bonchev–Trinajstić information content (AvgIpc) is 2.74. The SMILES string of the molecule is CCOC(=O)c1cc(NC(=O)C2(c3cccc(C)c3)CCOCC2)ccc1OC. The van der Waals surface area contributed by atoms with Gasteiger partial charge in [-0.05, 0) is 50.5 Å². The van der Waals surface area contributed by atoms with Crippen LogP contribution in [0.1, 0.15) is 41.3 Å². The van der Waals surface area contributed by atoms with Gasteiger partial charge in [-0.15, -0.1) is 0 Å². The van der Waals surface area contributed by atoms with Crippen molar-refractivity contribution in [3.8, 4) is 5.75 Å². The lowest BCUT2D eigenvalue weighted by molar-refractivity contribution is -0.125. The summed E-state index contributed by atoms with van der Waals surface area (Å²) in [7, 11) is 1.49. The average molecular weight is 397 g/mol. The normalized spacial score (nSPS) is 15.4. The predicted octanol–water partition coefficient (Wildman–Crippen LogP) is 3.87. The van der Waals surface area contributed by atoms with E-state index in [0.29, 0.717) is 37.5 Å². The minimum Gasteiger partial charge on any atom is -0.496 e. The molecule has 0 unspecified atom stereocenters. The number of carbonyl (C=O) groups is 2. The van der Waals surface area contributed by atoms with Crippen LogP contribution in [-0.2, 0) is 19.7 Å². The number of methoxy groups -OCH3 is 1. The van der Waals surface area contributed by atoms with Crippen molar-refractivity contribution in [1.29, 1.82) is 0 Å². The highest BCUT2D eigenvalue weighted by Gasteiger charge is 2.41. The maximum atomic E-state index is 13.4. The summed E-state index contributed by atoms with van der Waals surface area (Å²) in [6, 6.07) is 13.0. The fraction of sp³-hybridized carbons (Fsp3) is 0.391. The summed E-state index contributed by atoms with van der Waals surface area (Å²) >= 11 is 0. The van der Waals surface area contributed by atoms with Crippen LogP contribution >= 0.6 is 0 Å². The fourth-order valence-electron chi connectivity index (χ4n) is 3.71. The van der Waals surface area contributed by atoms with Gasteiger partial charge in [0.05, 0.1) is 19.1 Å². The van der Waals surface area contributed by atoms with E-state index in [2.05, 4.69) is 11.4 Å². The molecule has 1 heterocycles. The molecular formula is C23H27NO5. The highest BCUT2D eigenvalue weighted by atomic mass is 16.5. The summed E-state index contributed by atoms with van der Waals surface area (Å²) in [5.41, 5.74) is 2.22. The number of amides is 1. The Labute approximate surface area is 171 Å². The number of rotatable bonds is 6. The van der Waals surface area contributed by atoms with Crippen LogP contribution in [0.5, 0.6) is 5.75 Å². The Bertz CT molecular complexity index is 887. The lowest BCUT2D eigenvalue weighted by atomic mass is 9.73. The van der Waals surface area contributed by atoms with E-state index in [-0.39, 0.29) is 18.1 Å². The summed E-state index contributed by atoms with van der Waals surface area (Å²) in [6.45, 7) is 5.07. The summed E-state index contributed by atoms with van der Waals surface area (Å²) in [6.07, 6.45) is 1.20. The van der Waals surface area contributed by atoms with Crippen LogP contribution in [0.4, 0.5) is 5.69 Å². The minimum absolute atomic E-state index is 0.105. The van der Waals surface area contributed by atoms with Crippen LogP contribution in [0, 0.1) is 6.92 Å². The molecule has 6 heteroatoms. The van der Waals surface area contributed by atoms with E-state index in [1.807, 2.05) is 25.1 Å². The van der Waals surface area contributed by atoms with Gasteiger partial charge in [-0.1, -0.05) is 29.8 Å². The lowest BCUT2D eigenvalue weighted by Gasteiger charge is -2.36.